The van der Waals surface area contributed by atoms with Crippen LogP contribution in [0.2, 0.25) is 0 Å². The van der Waals surface area contributed by atoms with E-state index in [0.717, 1.165) is 5.56 Å². The molecule has 1 amide bonds. The van der Waals surface area contributed by atoms with Crippen molar-refractivity contribution in [1.29, 1.82) is 0 Å². The van der Waals surface area contributed by atoms with Crippen molar-refractivity contribution < 1.29 is 29.1 Å². The van der Waals surface area contributed by atoms with Crippen LogP contribution in [0.4, 0.5) is 11.4 Å². The molecule has 0 radical (unpaired) electrons. The van der Waals surface area contributed by atoms with Crippen molar-refractivity contribution in [3.63, 3.8) is 0 Å². The minimum absolute atomic E-state index is 0.0348. The van der Waals surface area contributed by atoms with E-state index < -0.39 is 16.6 Å². The van der Waals surface area contributed by atoms with Gasteiger partial charge in [-0.3, -0.25) is 19.6 Å². The average molecular weight is 578 g/mol. The second kappa shape index (κ2) is 11.1. The highest BCUT2D eigenvalue weighted by Gasteiger charge is 2.23. The van der Waals surface area contributed by atoms with Crippen LogP contribution in [0.1, 0.15) is 23.2 Å². The van der Waals surface area contributed by atoms with Gasteiger partial charge in [-0.15, -0.1) is 5.10 Å². The summed E-state index contributed by atoms with van der Waals surface area (Å²) in [5.41, 5.74) is 2.16. The number of anilines is 1. The molecular weight excluding hydrogens is 554 g/mol. The molecule has 12 heteroatoms. The number of nitrogens with zero attached hydrogens (tertiary/aromatic N) is 4. The quantitative estimate of drug-likeness (QED) is 0.133. The number of carbonyl (C=O) groups excluding carboxylic acids is 1. The normalized spacial score (nSPS) is 11.2. The van der Waals surface area contributed by atoms with Crippen LogP contribution in [0.3, 0.4) is 0 Å². The highest BCUT2D eigenvalue weighted by Crippen LogP contribution is 2.42. The summed E-state index contributed by atoms with van der Waals surface area (Å²) in [6, 6.07) is 21.6. The van der Waals surface area contributed by atoms with Gasteiger partial charge in [-0.05, 0) is 24.6 Å². The van der Waals surface area contributed by atoms with Crippen molar-refractivity contribution in [2.45, 2.75) is 19.4 Å². The van der Waals surface area contributed by atoms with E-state index in [9.17, 15) is 29.9 Å². The molecule has 0 aliphatic carbocycles. The van der Waals surface area contributed by atoms with Gasteiger partial charge >= 0.3 is 5.97 Å². The molecule has 0 bridgehead atoms. The Morgan fingerprint density at radius 2 is 1.72 bits per heavy atom. The van der Waals surface area contributed by atoms with Crippen LogP contribution in [0, 0.1) is 10.1 Å². The zero-order valence-electron chi connectivity index (χ0n) is 22.4. The number of carboxylic acid groups (broad SMARTS) is 1. The number of carbonyl (C=O) groups is 2. The van der Waals surface area contributed by atoms with Crippen LogP contribution >= 0.6 is 0 Å². The minimum Gasteiger partial charge on any atom is -0.507 e. The third-order valence-electron chi connectivity index (χ3n) is 7.03. The number of carboxylic acids is 1. The fourth-order valence-corrected chi connectivity index (χ4v) is 5.04. The van der Waals surface area contributed by atoms with Crippen molar-refractivity contribution in [2.24, 2.45) is 0 Å². The molecule has 0 spiro atoms. The number of benzene rings is 4. The van der Waals surface area contributed by atoms with Crippen molar-refractivity contribution in [3.05, 3.63) is 101 Å². The predicted octanol–water partition coefficient (Wildman–Crippen LogP) is 6.24. The Morgan fingerprint density at radius 1 is 0.977 bits per heavy atom. The van der Waals surface area contributed by atoms with Crippen LogP contribution in [0.25, 0.3) is 44.3 Å². The number of furan rings is 1. The second-order valence-electron chi connectivity index (χ2n) is 9.80. The van der Waals surface area contributed by atoms with Crippen LogP contribution in [0.15, 0.2) is 89.5 Å². The standard InChI is InChI=1S/C31H23N5O7/c37-26-16-27-22(15-21(26)31(39)40)29(30(43-27)18-7-2-1-3-8-18)24-17-35(34-33-24)14-6-11-28(38)32-23-12-13-25(36(41)42)20-10-5-4-9-19(20)23/h1-5,7-10,12-13,15-17,37H,6,11,14H2,(H,32,38)(H,39,40). The lowest BCUT2D eigenvalue weighted by Crippen LogP contribution is -2.13. The number of rotatable bonds is 9. The Hall–Kier alpha value is -6.04. The minimum atomic E-state index is -1.28. The Balaban J connectivity index is 1.22. The SMILES string of the molecule is O=C(CCCn1cc(-c2c(-c3ccccc3)oc3cc(O)c(C(=O)O)cc23)nn1)Nc1ccc([N+](=O)[O-])c2ccccc12. The molecule has 2 aromatic heterocycles. The molecule has 12 nitrogen and oxygen atoms in total. The van der Waals surface area contributed by atoms with Crippen molar-refractivity contribution in [1.82, 2.24) is 15.0 Å². The number of aromatic hydroxyl groups is 1. The number of hydrogen-bond acceptors (Lipinski definition) is 8. The van der Waals surface area contributed by atoms with Crippen LogP contribution in [-0.2, 0) is 11.3 Å². The first-order valence-corrected chi connectivity index (χ1v) is 13.2. The van der Waals surface area contributed by atoms with Crippen molar-refractivity contribution in [3.8, 4) is 28.3 Å². The first-order chi connectivity index (χ1) is 20.8. The Bertz CT molecular complexity index is 2030. The fraction of sp³-hybridized carbons (Fsp3) is 0.0968. The lowest BCUT2D eigenvalue weighted by molar-refractivity contribution is -0.383. The fourth-order valence-electron chi connectivity index (χ4n) is 5.04. The van der Waals surface area contributed by atoms with Crippen LogP contribution in [0.5, 0.6) is 5.75 Å². The molecule has 0 aliphatic rings. The number of hydrogen-bond donors (Lipinski definition) is 3. The zero-order valence-corrected chi connectivity index (χ0v) is 22.4. The van der Waals surface area contributed by atoms with Gasteiger partial charge in [0.2, 0.25) is 5.91 Å². The highest BCUT2D eigenvalue weighted by molar-refractivity contribution is 6.06. The molecule has 4 aromatic carbocycles. The molecule has 0 unspecified atom stereocenters. The van der Waals surface area contributed by atoms with Gasteiger partial charge < -0.3 is 19.9 Å². The zero-order chi connectivity index (χ0) is 30.1. The van der Waals surface area contributed by atoms with Gasteiger partial charge in [-0.25, -0.2) is 4.79 Å². The number of nitrogens with one attached hydrogen (secondary N) is 1. The van der Waals surface area contributed by atoms with E-state index >= 15 is 0 Å². The number of aromatic nitrogens is 3. The van der Waals surface area contributed by atoms with Crippen molar-refractivity contribution >= 4 is 45.0 Å². The van der Waals surface area contributed by atoms with E-state index in [-0.39, 0.29) is 23.6 Å². The topological polar surface area (TPSA) is 174 Å². The Morgan fingerprint density at radius 3 is 2.47 bits per heavy atom. The molecule has 0 fully saturated rings. The lowest BCUT2D eigenvalue weighted by atomic mass is 10.0. The molecule has 3 N–H and O–H groups in total. The first-order valence-electron chi connectivity index (χ1n) is 13.2. The molecule has 6 aromatic rings. The molecule has 0 atom stereocenters. The van der Waals surface area contributed by atoms with Gasteiger partial charge in [0.1, 0.15) is 28.4 Å². The van der Waals surface area contributed by atoms with Crippen molar-refractivity contribution in [2.75, 3.05) is 5.32 Å². The average Bonchev–Trinajstić information content (AvgIpc) is 3.61. The van der Waals surface area contributed by atoms with Gasteiger partial charge in [0, 0.05) is 47.1 Å². The van der Waals surface area contributed by atoms with Gasteiger partial charge in [0.05, 0.1) is 22.1 Å². The number of nitro benzene ring substituents is 1. The summed E-state index contributed by atoms with van der Waals surface area (Å²) in [5, 5.41) is 44.0. The largest absolute Gasteiger partial charge is 0.507 e. The van der Waals surface area contributed by atoms with E-state index in [0.29, 0.717) is 57.4 Å². The second-order valence-corrected chi connectivity index (χ2v) is 9.80. The molecule has 2 heterocycles. The molecular formula is C31H23N5O7. The number of amides is 1. The maximum atomic E-state index is 12.7. The summed E-state index contributed by atoms with van der Waals surface area (Å²) in [4.78, 5) is 35.4. The third kappa shape index (κ3) is 5.24. The van der Waals surface area contributed by atoms with E-state index in [1.54, 1.807) is 35.1 Å². The van der Waals surface area contributed by atoms with E-state index in [1.807, 2.05) is 30.3 Å². The summed E-state index contributed by atoms with van der Waals surface area (Å²) in [5.74, 6) is -1.51. The summed E-state index contributed by atoms with van der Waals surface area (Å²) in [6.07, 6.45) is 2.27. The molecule has 43 heavy (non-hydrogen) atoms. The lowest BCUT2D eigenvalue weighted by Gasteiger charge is -2.09. The van der Waals surface area contributed by atoms with Gasteiger partial charge in [-0.1, -0.05) is 53.7 Å². The van der Waals surface area contributed by atoms with Gasteiger partial charge in [-0.2, -0.15) is 0 Å². The van der Waals surface area contributed by atoms with Gasteiger partial charge in [0.25, 0.3) is 5.69 Å². The number of aryl methyl sites for hydroxylation is 1. The first kappa shape index (κ1) is 27.1. The predicted molar refractivity (Wildman–Crippen MR) is 158 cm³/mol. The molecule has 214 valence electrons. The smallest absolute Gasteiger partial charge is 0.339 e. The highest BCUT2D eigenvalue weighted by atomic mass is 16.6. The number of phenols is 1. The van der Waals surface area contributed by atoms with E-state index in [2.05, 4.69) is 15.6 Å². The number of nitro groups is 1. The van der Waals surface area contributed by atoms with Gasteiger partial charge in [0.15, 0.2) is 0 Å². The summed E-state index contributed by atoms with van der Waals surface area (Å²) >= 11 is 0. The number of fused-ring (bicyclic) bond motifs is 2. The van der Waals surface area contributed by atoms with E-state index in [1.165, 1.54) is 24.3 Å². The van der Waals surface area contributed by atoms with Crippen LogP contribution < -0.4 is 5.32 Å². The third-order valence-corrected chi connectivity index (χ3v) is 7.03. The molecule has 0 aliphatic heterocycles. The summed E-state index contributed by atoms with van der Waals surface area (Å²) < 4.78 is 7.64. The molecule has 0 saturated carbocycles. The van der Waals surface area contributed by atoms with E-state index in [4.69, 9.17) is 4.42 Å². The maximum absolute atomic E-state index is 12.7. The Labute approximate surface area is 242 Å². The Kier molecular flexibility index (Phi) is 7.00. The number of non-ortho nitro benzene ring substituents is 1. The monoisotopic (exact) mass is 577 g/mol. The maximum Gasteiger partial charge on any atom is 0.339 e. The number of aromatic carboxylic acids is 1. The molecule has 6 rings (SSSR count). The molecule has 0 saturated heterocycles. The van der Waals surface area contributed by atoms with Crippen LogP contribution in [-0.4, -0.2) is 42.0 Å². The summed E-state index contributed by atoms with van der Waals surface area (Å²) in [6.45, 7) is 0.360. The summed E-state index contributed by atoms with van der Waals surface area (Å²) in [7, 11) is 0.